The second-order valence-electron chi connectivity index (χ2n) is 4.17. The number of ether oxygens (including phenoxy) is 1. The number of aromatic nitrogens is 2. The third kappa shape index (κ3) is 1.85. The lowest BCUT2D eigenvalue weighted by Crippen LogP contribution is -2.14. The van der Waals surface area contributed by atoms with E-state index in [0.29, 0.717) is 22.5 Å². The Balaban J connectivity index is 2.33. The number of hydrogen-bond acceptors (Lipinski definition) is 3. The summed E-state index contributed by atoms with van der Waals surface area (Å²) in [5.74, 6) is 0.780. The molecule has 19 heavy (non-hydrogen) atoms. The van der Waals surface area contributed by atoms with Gasteiger partial charge in [-0.25, -0.2) is 4.79 Å². The van der Waals surface area contributed by atoms with Crippen LogP contribution in [-0.4, -0.2) is 21.8 Å². The summed E-state index contributed by atoms with van der Waals surface area (Å²) in [5, 5.41) is 9.53. The van der Waals surface area contributed by atoms with Gasteiger partial charge in [0.15, 0.2) is 0 Å². The van der Waals surface area contributed by atoms with Gasteiger partial charge in [0.05, 0.1) is 23.8 Å². The highest BCUT2D eigenvalue weighted by Gasteiger charge is 2.10. The zero-order valence-electron chi connectivity index (χ0n) is 10.3. The van der Waals surface area contributed by atoms with Crippen LogP contribution in [0.3, 0.4) is 0 Å². The molecule has 0 aliphatic rings. The van der Waals surface area contributed by atoms with Crippen molar-refractivity contribution in [2.45, 2.75) is 0 Å². The summed E-state index contributed by atoms with van der Waals surface area (Å²) in [6.45, 7) is 0. The maximum Gasteiger partial charge on any atom is 0.331 e. The van der Waals surface area contributed by atoms with Crippen molar-refractivity contribution in [3.63, 3.8) is 0 Å². The lowest BCUT2D eigenvalue weighted by atomic mass is 10.2. The van der Waals surface area contributed by atoms with Crippen molar-refractivity contribution < 1.29 is 9.84 Å². The van der Waals surface area contributed by atoms with Crippen molar-refractivity contribution in [1.29, 1.82) is 0 Å². The highest BCUT2D eigenvalue weighted by molar-refractivity contribution is 5.79. The zero-order valence-corrected chi connectivity index (χ0v) is 10.3. The number of phenols is 1. The maximum atomic E-state index is 12.0. The van der Waals surface area contributed by atoms with Crippen molar-refractivity contribution in [3.05, 3.63) is 52.9 Å². The molecule has 0 bridgehead atoms. The number of H-pyrrole nitrogens is 1. The second-order valence-corrected chi connectivity index (χ2v) is 4.17. The summed E-state index contributed by atoms with van der Waals surface area (Å²) in [6.07, 6.45) is 0. The summed E-state index contributed by atoms with van der Waals surface area (Å²) in [7, 11) is 1.57. The molecule has 1 heterocycles. The van der Waals surface area contributed by atoms with Crippen molar-refractivity contribution >= 4 is 11.0 Å². The highest BCUT2D eigenvalue weighted by Crippen LogP contribution is 2.22. The van der Waals surface area contributed by atoms with Gasteiger partial charge in [0, 0.05) is 12.1 Å². The molecule has 2 N–H and O–H groups in total. The Bertz CT molecular complexity index is 802. The van der Waals surface area contributed by atoms with Crippen LogP contribution in [0.1, 0.15) is 0 Å². The first-order chi connectivity index (χ1) is 9.19. The predicted molar refractivity (Wildman–Crippen MR) is 72.1 cm³/mol. The van der Waals surface area contributed by atoms with E-state index in [4.69, 9.17) is 4.74 Å². The molecule has 0 radical (unpaired) electrons. The number of benzene rings is 2. The summed E-state index contributed by atoms with van der Waals surface area (Å²) in [4.78, 5) is 14.8. The van der Waals surface area contributed by atoms with Gasteiger partial charge >= 0.3 is 5.69 Å². The molecule has 5 nitrogen and oxygen atoms in total. The van der Waals surface area contributed by atoms with Gasteiger partial charge in [-0.15, -0.1) is 0 Å². The zero-order chi connectivity index (χ0) is 13.4. The van der Waals surface area contributed by atoms with Crippen LogP contribution in [0.5, 0.6) is 11.5 Å². The van der Waals surface area contributed by atoms with Crippen molar-refractivity contribution in [2.75, 3.05) is 7.11 Å². The molecule has 0 fully saturated rings. The van der Waals surface area contributed by atoms with Crippen LogP contribution in [0.4, 0.5) is 0 Å². The minimum atomic E-state index is -0.256. The Morgan fingerprint density at radius 3 is 2.79 bits per heavy atom. The van der Waals surface area contributed by atoms with E-state index >= 15 is 0 Å². The number of methoxy groups -OCH3 is 1. The molecule has 3 aromatic rings. The van der Waals surface area contributed by atoms with E-state index in [1.165, 1.54) is 10.6 Å². The Morgan fingerprint density at radius 2 is 2.05 bits per heavy atom. The van der Waals surface area contributed by atoms with Crippen LogP contribution < -0.4 is 10.4 Å². The topological polar surface area (TPSA) is 67.2 Å². The minimum absolute atomic E-state index is 0.113. The monoisotopic (exact) mass is 256 g/mol. The van der Waals surface area contributed by atoms with Crippen LogP contribution >= 0.6 is 0 Å². The summed E-state index contributed by atoms with van der Waals surface area (Å²) in [5.41, 5.74) is 1.77. The number of fused-ring (bicyclic) bond motifs is 1. The van der Waals surface area contributed by atoms with Gasteiger partial charge in [-0.05, 0) is 24.3 Å². The molecule has 1 aromatic heterocycles. The quantitative estimate of drug-likeness (QED) is 0.737. The Kier molecular flexibility index (Phi) is 2.52. The van der Waals surface area contributed by atoms with Crippen LogP contribution in [0.25, 0.3) is 16.7 Å². The molecular formula is C14H12N2O3. The third-order valence-electron chi connectivity index (χ3n) is 2.98. The molecule has 0 unspecified atom stereocenters. The average molecular weight is 256 g/mol. The highest BCUT2D eigenvalue weighted by atomic mass is 16.5. The van der Waals surface area contributed by atoms with E-state index in [9.17, 15) is 9.90 Å². The van der Waals surface area contributed by atoms with E-state index in [-0.39, 0.29) is 11.4 Å². The van der Waals surface area contributed by atoms with E-state index in [1.54, 1.807) is 43.5 Å². The molecule has 2 aromatic carbocycles. The van der Waals surface area contributed by atoms with Gasteiger partial charge in [-0.3, -0.25) is 4.57 Å². The number of imidazole rings is 1. The Labute approximate surface area is 108 Å². The van der Waals surface area contributed by atoms with Gasteiger partial charge in [0.2, 0.25) is 0 Å². The second kappa shape index (κ2) is 4.20. The lowest BCUT2D eigenvalue weighted by molar-refractivity contribution is 0.415. The fraction of sp³-hybridized carbons (Fsp3) is 0.0714. The number of hydrogen-bond donors (Lipinski definition) is 2. The van der Waals surface area contributed by atoms with E-state index in [0.717, 1.165) is 0 Å². The fourth-order valence-corrected chi connectivity index (χ4v) is 2.10. The van der Waals surface area contributed by atoms with E-state index in [2.05, 4.69) is 4.98 Å². The standard InChI is InChI=1S/C14H12N2O3/c1-19-11-5-6-12-13(8-11)16(14(18)15-12)9-3-2-4-10(17)7-9/h2-8,17H,1H3,(H,15,18). The smallest absolute Gasteiger partial charge is 0.331 e. The number of nitrogens with one attached hydrogen (secondary N) is 1. The van der Waals surface area contributed by atoms with Gasteiger partial charge < -0.3 is 14.8 Å². The molecule has 96 valence electrons. The average Bonchev–Trinajstić information content (AvgIpc) is 2.73. The summed E-state index contributed by atoms with van der Waals surface area (Å²) >= 11 is 0. The number of aromatic hydroxyl groups is 1. The molecule has 0 saturated heterocycles. The third-order valence-corrected chi connectivity index (χ3v) is 2.98. The van der Waals surface area contributed by atoms with E-state index in [1.807, 2.05) is 0 Å². The maximum absolute atomic E-state index is 12.0. The van der Waals surface area contributed by atoms with Gasteiger partial charge in [-0.2, -0.15) is 0 Å². The number of aromatic amines is 1. The SMILES string of the molecule is COc1ccc2[nH]c(=O)n(-c3cccc(O)c3)c2c1. The largest absolute Gasteiger partial charge is 0.508 e. The van der Waals surface area contributed by atoms with Gasteiger partial charge in [0.25, 0.3) is 0 Å². The number of rotatable bonds is 2. The number of nitrogens with zero attached hydrogens (tertiary/aromatic N) is 1. The molecule has 5 heteroatoms. The predicted octanol–water partition coefficient (Wildman–Crippen LogP) is 2.03. The van der Waals surface area contributed by atoms with Crippen molar-refractivity contribution in [3.8, 4) is 17.2 Å². The van der Waals surface area contributed by atoms with Crippen LogP contribution in [-0.2, 0) is 0 Å². The van der Waals surface area contributed by atoms with Gasteiger partial charge in [-0.1, -0.05) is 6.07 Å². The first-order valence-corrected chi connectivity index (χ1v) is 5.77. The fourth-order valence-electron chi connectivity index (χ4n) is 2.10. The number of phenolic OH excluding ortho intramolecular Hbond substituents is 1. The van der Waals surface area contributed by atoms with Crippen LogP contribution in [0.15, 0.2) is 47.3 Å². The van der Waals surface area contributed by atoms with Crippen molar-refractivity contribution in [2.24, 2.45) is 0 Å². The molecule has 3 rings (SSSR count). The molecule has 0 spiro atoms. The van der Waals surface area contributed by atoms with Gasteiger partial charge in [0.1, 0.15) is 11.5 Å². The van der Waals surface area contributed by atoms with Crippen molar-refractivity contribution in [1.82, 2.24) is 9.55 Å². The minimum Gasteiger partial charge on any atom is -0.508 e. The Hall–Kier alpha value is -2.69. The molecule has 0 aliphatic carbocycles. The molecule has 0 aliphatic heterocycles. The lowest BCUT2D eigenvalue weighted by Gasteiger charge is -2.05. The molecular weight excluding hydrogens is 244 g/mol. The van der Waals surface area contributed by atoms with Crippen LogP contribution in [0.2, 0.25) is 0 Å². The summed E-state index contributed by atoms with van der Waals surface area (Å²) in [6, 6.07) is 11.9. The summed E-state index contributed by atoms with van der Waals surface area (Å²) < 4.78 is 6.67. The first-order valence-electron chi connectivity index (χ1n) is 5.77. The molecule has 0 saturated carbocycles. The normalized spacial score (nSPS) is 10.8. The van der Waals surface area contributed by atoms with E-state index < -0.39 is 0 Å². The first kappa shape index (κ1) is 11.4. The van der Waals surface area contributed by atoms with Crippen LogP contribution in [0, 0.1) is 0 Å². The Morgan fingerprint density at radius 1 is 1.21 bits per heavy atom. The molecule has 0 amide bonds. The molecule has 0 atom stereocenters.